The Bertz CT molecular complexity index is 1140. The van der Waals surface area contributed by atoms with Crippen molar-refractivity contribution in [1.82, 2.24) is 3.97 Å². The number of para-hydroxylation sites is 1. The number of benzene rings is 2. The van der Waals surface area contributed by atoms with E-state index in [-0.39, 0.29) is 15.9 Å². The summed E-state index contributed by atoms with van der Waals surface area (Å²) in [4.78, 5) is 10.9. The quantitative estimate of drug-likeness (QED) is 0.709. The fourth-order valence-electron chi connectivity index (χ4n) is 2.54. The Hall–Kier alpha value is -2.52. The van der Waals surface area contributed by atoms with E-state index >= 15 is 0 Å². The molecule has 1 N–H and O–H groups in total. The van der Waals surface area contributed by atoms with Gasteiger partial charge < -0.3 is 5.11 Å². The van der Waals surface area contributed by atoms with Crippen LogP contribution in [-0.2, 0) is 16.2 Å². The molecule has 3 aromatic rings. The second-order valence-electron chi connectivity index (χ2n) is 5.28. The lowest BCUT2D eigenvalue weighted by Gasteiger charge is -2.12. The van der Waals surface area contributed by atoms with Crippen molar-refractivity contribution in [2.75, 3.05) is 0 Å². The monoisotopic (exact) mass is 403 g/mol. The molecule has 5 nitrogen and oxygen atoms in total. The largest absolute Gasteiger partial charge is 0.476 e. The van der Waals surface area contributed by atoms with E-state index in [0.29, 0.717) is 10.0 Å². The summed E-state index contributed by atoms with van der Waals surface area (Å²) in [5.74, 6) is -1.62. The highest BCUT2D eigenvalue weighted by Gasteiger charge is 2.34. The third-order valence-electron chi connectivity index (χ3n) is 3.67. The van der Waals surface area contributed by atoms with E-state index < -0.39 is 38.3 Å². The number of carboxylic acids is 1. The van der Waals surface area contributed by atoms with Crippen LogP contribution in [0.15, 0.2) is 53.4 Å². The van der Waals surface area contributed by atoms with E-state index in [1.165, 1.54) is 24.3 Å². The molecule has 0 fully saturated rings. The number of fused-ring (bicyclic) bond motifs is 1. The number of halogens is 4. The molecule has 0 saturated carbocycles. The lowest BCUT2D eigenvalue weighted by Crippen LogP contribution is -2.19. The standard InChI is InChI=1S/C16H9ClF3NO4S/c17-13-11-6-1-2-7-12(11)21(14(13)15(22)23)26(24,25)10-5-3-4-9(8-10)16(18,19)20/h1-8H,(H,22,23). The first-order chi connectivity index (χ1) is 12.0. The maximum absolute atomic E-state index is 12.9. The fraction of sp³-hybridized carbons (Fsp3) is 0.0625. The molecule has 0 bridgehead atoms. The van der Waals surface area contributed by atoms with Crippen molar-refractivity contribution in [2.45, 2.75) is 11.1 Å². The summed E-state index contributed by atoms with van der Waals surface area (Å²) < 4.78 is 65.0. The van der Waals surface area contributed by atoms with Crippen LogP contribution >= 0.6 is 11.6 Å². The van der Waals surface area contributed by atoms with Gasteiger partial charge in [-0.1, -0.05) is 35.9 Å². The first-order valence-electron chi connectivity index (χ1n) is 7.00. The topological polar surface area (TPSA) is 76.4 Å². The smallest absolute Gasteiger partial charge is 0.416 e. The summed E-state index contributed by atoms with van der Waals surface area (Å²) in [6.45, 7) is 0. The Balaban J connectivity index is 2.36. The molecule has 10 heteroatoms. The number of hydrogen-bond acceptors (Lipinski definition) is 3. The average Bonchev–Trinajstić information content (AvgIpc) is 2.88. The minimum absolute atomic E-state index is 0.0488. The third kappa shape index (κ3) is 2.82. The predicted molar refractivity (Wildman–Crippen MR) is 87.9 cm³/mol. The Morgan fingerprint density at radius 2 is 1.73 bits per heavy atom. The molecule has 0 radical (unpaired) electrons. The highest BCUT2D eigenvalue weighted by Crippen LogP contribution is 2.35. The van der Waals surface area contributed by atoms with Crippen LogP contribution < -0.4 is 0 Å². The molecular formula is C16H9ClF3NO4S. The van der Waals surface area contributed by atoms with Crippen molar-refractivity contribution in [1.29, 1.82) is 0 Å². The predicted octanol–water partition coefficient (Wildman–Crippen LogP) is 4.25. The van der Waals surface area contributed by atoms with Crippen LogP contribution in [0.4, 0.5) is 13.2 Å². The summed E-state index contributed by atoms with van der Waals surface area (Å²) in [5.41, 5.74) is -1.96. The molecule has 0 spiro atoms. The van der Waals surface area contributed by atoms with Gasteiger partial charge in [-0.2, -0.15) is 13.2 Å². The molecule has 136 valence electrons. The summed E-state index contributed by atoms with van der Waals surface area (Å²) >= 11 is 6.01. The van der Waals surface area contributed by atoms with Crippen LogP contribution in [0.1, 0.15) is 16.1 Å². The number of carbonyl (C=O) groups is 1. The second kappa shape index (κ2) is 6.03. The molecule has 3 rings (SSSR count). The molecule has 1 aromatic heterocycles. The van der Waals surface area contributed by atoms with Crippen LogP contribution in [0.25, 0.3) is 10.9 Å². The highest BCUT2D eigenvalue weighted by atomic mass is 35.5. The lowest BCUT2D eigenvalue weighted by molar-refractivity contribution is -0.137. The molecule has 0 aliphatic rings. The van der Waals surface area contributed by atoms with Crippen LogP contribution in [0.5, 0.6) is 0 Å². The minimum atomic E-state index is -4.75. The number of hydrogen-bond donors (Lipinski definition) is 1. The van der Waals surface area contributed by atoms with Crippen LogP contribution in [-0.4, -0.2) is 23.5 Å². The van der Waals surface area contributed by atoms with Crippen LogP contribution in [0.2, 0.25) is 5.02 Å². The van der Waals surface area contributed by atoms with Crippen molar-refractivity contribution < 1.29 is 31.5 Å². The van der Waals surface area contributed by atoms with E-state index in [2.05, 4.69) is 0 Å². The normalized spacial score (nSPS) is 12.5. The van der Waals surface area contributed by atoms with E-state index in [1.54, 1.807) is 0 Å². The number of aromatic carboxylic acids is 1. The molecule has 0 amide bonds. The average molecular weight is 404 g/mol. The van der Waals surface area contributed by atoms with Gasteiger partial charge in [0.1, 0.15) is 0 Å². The molecule has 26 heavy (non-hydrogen) atoms. The number of nitrogens with zero attached hydrogens (tertiary/aromatic N) is 1. The van der Waals surface area contributed by atoms with Gasteiger partial charge in [-0.05, 0) is 24.3 Å². The van der Waals surface area contributed by atoms with Gasteiger partial charge in [-0.3, -0.25) is 0 Å². The van der Waals surface area contributed by atoms with Gasteiger partial charge >= 0.3 is 12.1 Å². The Morgan fingerprint density at radius 3 is 2.35 bits per heavy atom. The first kappa shape index (κ1) is 18.3. The first-order valence-corrected chi connectivity index (χ1v) is 8.82. The van der Waals surface area contributed by atoms with Gasteiger partial charge in [-0.25, -0.2) is 17.2 Å². The number of carboxylic acid groups (broad SMARTS) is 1. The van der Waals surface area contributed by atoms with Gasteiger partial charge in [0.05, 0.1) is 21.0 Å². The number of alkyl halides is 3. The Kier molecular flexibility index (Phi) is 4.24. The van der Waals surface area contributed by atoms with E-state index in [4.69, 9.17) is 11.6 Å². The van der Waals surface area contributed by atoms with Gasteiger partial charge in [0.25, 0.3) is 10.0 Å². The van der Waals surface area contributed by atoms with Crippen molar-refractivity contribution in [3.8, 4) is 0 Å². The van der Waals surface area contributed by atoms with Crippen molar-refractivity contribution >= 4 is 38.5 Å². The van der Waals surface area contributed by atoms with Crippen molar-refractivity contribution in [2.24, 2.45) is 0 Å². The van der Waals surface area contributed by atoms with Crippen LogP contribution in [0, 0.1) is 0 Å². The molecule has 0 saturated heterocycles. The van der Waals surface area contributed by atoms with Gasteiger partial charge in [0.2, 0.25) is 0 Å². The number of aromatic nitrogens is 1. The summed E-state index contributed by atoms with van der Waals surface area (Å²) in [6, 6.07) is 8.79. The van der Waals surface area contributed by atoms with Crippen LogP contribution in [0.3, 0.4) is 0 Å². The summed E-state index contributed by atoms with van der Waals surface area (Å²) in [7, 11) is -4.65. The zero-order valence-corrected chi connectivity index (χ0v) is 14.2. The van der Waals surface area contributed by atoms with Gasteiger partial charge in [0.15, 0.2) is 5.69 Å². The lowest BCUT2D eigenvalue weighted by atomic mass is 10.2. The summed E-state index contributed by atoms with van der Waals surface area (Å²) in [6.07, 6.45) is -4.75. The Morgan fingerprint density at radius 1 is 1.08 bits per heavy atom. The Labute approximate surface area is 150 Å². The molecule has 1 heterocycles. The third-order valence-corrected chi connectivity index (χ3v) is 5.76. The molecule has 0 aliphatic carbocycles. The van der Waals surface area contributed by atoms with Crippen molar-refractivity contribution in [3.63, 3.8) is 0 Å². The fourth-order valence-corrected chi connectivity index (χ4v) is 4.48. The molecule has 0 unspecified atom stereocenters. The van der Waals surface area contributed by atoms with Gasteiger partial charge in [-0.15, -0.1) is 0 Å². The van der Waals surface area contributed by atoms with E-state index in [1.807, 2.05) is 0 Å². The minimum Gasteiger partial charge on any atom is -0.476 e. The molecule has 0 atom stereocenters. The maximum atomic E-state index is 12.9. The van der Waals surface area contributed by atoms with Crippen molar-refractivity contribution in [3.05, 3.63) is 64.8 Å². The summed E-state index contributed by atoms with van der Waals surface area (Å²) in [5, 5.41) is 9.23. The molecular weight excluding hydrogens is 395 g/mol. The highest BCUT2D eigenvalue weighted by molar-refractivity contribution is 7.90. The van der Waals surface area contributed by atoms with E-state index in [0.717, 1.165) is 18.2 Å². The second-order valence-corrected chi connectivity index (χ2v) is 7.44. The van der Waals surface area contributed by atoms with E-state index in [9.17, 15) is 31.5 Å². The maximum Gasteiger partial charge on any atom is 0.416 e. The SMILES string of the molecule is O=C(O)c1c(Cl)c2ccccc2n1S(=O)(=O)c1cccc(C(F)(F)F)c1. The zero-order valence-electron chi connectivity index (χ0n) is 12.7. The molecule has 2 aromatic carbocycles. The zero-order chi connectivity index (χ0) is 19.3. The van der Waals surface area contributed by atoms with Gasteiger partial charge in [0, 0.05) is 5.39 Å². The number of rotatable bonds is 3. The molecule has 0 aliphatic heterocycles.